The molecule has 1 aromatic carbocycles. The lowest BCUT2D eigenvalue weighted by molar-refractivity contribution is -0.182. The predicted octanol–water partition coefficient (Wildman–Crippen LogP) is 1.95. The summed E-state index contributed by atoms with van der Waals surface area (Å²) < 4.78 is 15.0. The van der Waals surface area contributed by atoms with Gasteiger partial charge in [-0.2, -0.15) is 0 Å². The molecule has 3 rings (SSSR count). The molecule has 128 valence electrons. The molecular weight excluding hydrogens is 315 g/mol. The second kappa shape index (κ2) is 5.37. The number of carbonyl (C=O) groups excluding carboxylic acids is 3. The Kier molecular flexibility index (Phi) is 3.71. The number of rotatable bonds is 2. The zero-order valence-electron chi connectivity index (χ0n) is 13.8. The molecule has 2 amide bonds. The molecule has 1 aromatic rings. The third kappa shape index (κ3) is 2.58. The van der Waals surface area contributed by atoms with Gasteiger partial charge in [-0.1, -0.05) is 17.2 Å². The smallest absolute Gasteiger partial charge is 0.326 e. The van der Waals surface area contributed by atoms with Crippen molar-refractivity contribution in [2.24, 2.45) is 0 Å². The van der Waals surface area contributed by atoms with E-state index >= 15 is 0 Å². The van der Waals surface area contributed by atoms with Crippen LogP contribution in [0.15, 0.2) is 24.3 Å². The van der Waals surface area contributed by atoms with Gasteiger partial charge >= 0.3 is 5.97 Å². The number of nitrogens with zero attached hydrogens (tertiary/aromatic N) is 2. The molecule has 0 radical (unpaired) electrons. The number of imide groups is 1. The second-order valence-corrected chi connectivity index (χ2v) is 7.14. The first-order chi connectivity index (χ1) is 11.1. The Balaban J connectivity index is 1.75. The highest BCUT2D eigenvalue weighted by Crippen LogP contribution is 2.33. The van der Waals surface area contributed by atoms with Crippen molar-refractivity contribution in [3.63, 3.8) is 0 Å². The Morgan fingerprint density at radius 1 is 1.17 bits per heavy atom. The van der Waals surface area contributed by atoms with Crippen LogP contribution in [0.3, 0.4) is 0 Å². The highest BCUT2D eigenvalue weighted by molar-refractivity contribution is 6.21. The zero-order valence-corrected chi connectivity index (χ0v) is 13.8. The van der Waals surface area contributed by atoms with E-state index in [0.717, 1.165) is 0 Å². The number of fused-ring (bicyclic) bond motifs is 1. The number of alkyl halides is 1. The summed E-state index contributed by atoms with van der Waals surface area (Å²) in [5.74, 6) is -2.71. The van der Waals surface area contributed by atoms with Crippen LogP contribution in [0.25, 0.3) is 0 Å². The van der Waals surface area contributed by atoms with Crippen LogP contribution in [0.1, 0.15) is 47.9 Å². The lowest BCUT2D eigenvalue weighted by Crippen LogP contribution is -2.47. The van der Waals surface area contributed by atoms with Crippen LogP contribution in [0.2, 0.25) is 0 Å². The second-order valence-electron chi connectivity index (χ2n) is 7.14. The normalized spacial score (nSPS) is 24.4. The maximum atomic E-state index is 15.0. The van der Waals surface area contributed by atoms with E-state index in [0.29, 0.717) is 11.6 Å². The van der Waals surface area contributed by atoms with Crippen molar-refractivity contribution in [2.45, 2.75) is 38.4 Å². The zero-order chi connectivity index (χ0) is 17.7. The number of hydrogen-bond acceptors (Lipinski definition) is 5. The van der Waals surface area contributed by atoms with Gasteiger partial charge in [0.05, 0.1) is 11.1 Å². The number of hydrogen-bond donors (Lipinski definition) is 0. The van der Waals surface area contributed by atoms with Crippen LogP contribution in [0.4, 0.5) is 4.39 Å². The van der Waals surface area contributed by atoms with Crippen molar-refractivity contribution in [2.75, 3.05) is 13.1 Å². The van der Waals surface area contributed by atoms with Gasteiger partial charge in [-0.15, -0.1) is 0 Å². The molecule has 7 heteroatoms. The number of amides is 2. The highest BCUT2D eigenvalue weighted by atomic mass is 19.1. The maximum absolute atomic E-state index is 15.0. The molecule has 6 nitrogen and oxygen atoms in total. The molecule has 1 saturated heterocycles. The molecule has 2 aliphatic heterocycles. The van der Waals surface area contributed by atoms with Gasteiger partial charge in [-0.05, 0) is 32.9 Å². The standard InChI is InChI=1S/C17H19FN2O4/c1-16(2,3)19-9-8-17(18,10-19)15(23)24-20-13(21)11-6-4-5-7-12(11)14(20)22/h4-7H,8-10H2,1-3H3. The van der Waals surface area contributed by atoms with Gasteiger partial charge in [-0.25, -0.2) is 9.18 Å². The summed E-state index contributed by atoms with van der Waals surface area (Å²) in [6.07, 6.45) is -0.0354. The summed E-state index contributed by atoms with van der Waals surface area (Å²) in [4.78, 5) is 43.3. The fourth-order valence-electron chi connectivity index (χ4n) is 2.93. The number of likely N-dealkylation sites (tertiary alicyclic amines) is 1. The summed E-state index contributed by atoms with van der Waals surface area (Å²) in [5.41, 5.74) is -2.23. The predicted molar refractivity (Wildman–Crippen MR) is 82.8 cm³/mol. The van der Waals surface area contributed by atoms with Crippen LogP contribution in [0.5, 0.6) is 0 Å². The van der Waals surface area contributed by atoms with E-state index in [1.165, 1.54) is 12.1 Å². The van der Waals surface area contributed by atoms with E-state index in [-0.39, 0.29) is 29.6 Å². The minimum absolute atomic E-state index is 0.0354. The third-order valence-corrected chi connectivity index (χ3v) is 4.46. The first-order valence-electron chi connectivity index (χ1n) is 7.78. The molecule has 0 spiro atoms. The Hall–Kier alpha value is -2.28. The van der Waals surface area contributed by atoms with Gasteiger partial charge in [0.1, 0.15) is 0 Å². The van der Waals surface area contributed by atoms with E-state index < -0.39 is 23.5 Å². The Labute approximate surface area is 139 Å². The molecule has 1 unspecified atom stereocenters. The molecule has 0 bridgehead atoms. The number of halogens is 1. The molecule has 1 atom stereocenters. The van der Waals surface area contributed by atoms with Crippen LogP contribution >= 0.6 is 0 Å². The lowest BCUT2D eigenvalue weighted by atomic mass is 10.1. The molecule has 24 heavy (non-hydrogen) atoms. The molecule has 1 fully saturated rings. The number of benzene rings is 1. The quantitative estimate of drug-likeness (QED) is 0.774. The van der Waals surface area contributed by atoms with Crippen molar-refractivity contribution in [1.29, 1.82) is 0 Å². The summed E-state index contributed by atoms with van der Waals surface area (Å²) in [6.45, 7) is 6.05. The summed E-state index contributed by atoms with van der Waals surface area (Å²) >= 11 is 0. The van der Waals surface area contributed by atoms with E-state index in [4.69, 9.17) is 4.84 Å². The lowest BCUT2D eigenvalue weighted by Gasteiger charge is -2.32. The number of hydroxylamine groups is 2. The molecule has 0 saturated carbocycles. The maximum Gasteiger partial charge on any atom is 0.371 e. The minimum atomic E-state index is -2.23. The van der Waals surface area contributed by atoms with Gasteiger partial charge in [0.15, 0.2) is 0 Å². The fraction of sp³-hybridized carbons (Fsp3) is 0.471. The van der Waals surface area contributed by atoms with Gasteiger partial charge in [-0.3, -0.25) is 14.5 Å². The van der Waals surface area contributed by atoms with Crippen LogP contribution < -0.4 is 0 Å². The van der Waals surface area contributed by atoms with E-state index in [9.17, 15) is 18.8 Å². The largest absolute Gasteiger partial charge is 0.371 e. The average molecular weight is 334 g/mol. The summed E-state index contributed by atoms with van der Waals surface area (Å²) in [7, 11) is 0. The topological polar surface area (TPSA) is 66.9 Å². The number of carbonyl (C=O) groups is 3. The van der Waals surface area contributed by atoms with Crippen LogP contribution in [-0.2, 0) is 9.63 Å². The van der Waals surface area contributed by atoms with Gasteiger partial charge in [0.2, 0.25) is 5.67 Å². The van der Waals surface area contributed by atoms with E-state index in [1.54, 1.807) is 12.1 Å². The molecule has 0 N–H and O–H groups in total. The van der Waals surface area contributed by atoms with E-state index in [2.05, 4.69) is 0 Å². The van der Waals surface area contributed by atoms with Crippen molar-refractivity contribution < 1.29 is 23.6 Å². The third-order valence-electron chi connectivity index (χ3n) is 4.46. The molecule has 2 aliphatic rings. The van der Waals surface area contributed by atoms with Gasteiger partial charge < -0.3 is 4.84 Å². The fourth-order valence-corrected chi connectivity index (χ4v) is 2.93. The Morgan fingerprint density at radius 2 is 1.71 bits per heavy atom. The minimum Gasteiger partial charge on any atom is -0.326 e. The van der Waals surface area contributed by atoms with Gasteiger partial charge in [0, 0.05) is 25.0 Å². The SMILES string of the molecule is CC(C)(C)N1CCC(F)(C(=O)ON2C(=O)c3ccccc3C2=O)C1. The van der Waals surface area contributed by atoms with Crippen LogP contribution in [-0.4, -0.2) is 52.0 Å². The van der Waals surface area contributed by atoms with Gasteiger partial charge in [0.25, 0.3) is 11.8 Å². The van der Waals surface area contributed by atoms with E-state index in [1.807, 2.05) is 25.7 Å². The molecule has 2 heterocycles. The average Bonchev–Trinajstić information content (AvgIpc) is 3.04. The molecular formula is C17H19FN2O4. The van der Waals surface area contributed by atoms with Crippen molar-refractivity contribution in [3.05, 3.63) is 35.4 Å². The summed E-state index contributed by atoms with van der Waals surface area (Å²) in [6, 6.07) is 6.13. The Morgan fingerprint density at radius 3 is 2.17 bits per heavy atom. The molecule has 0 aliphatic carbocycles. The van der Waals surface area contributed by atoms with Crippen molar-refractivity contribution in [3.8, 4) is 0 Å². The molecule has 0 aromatic heterocycles. The van der Waals surface area contributed by atoms with Crippen molar-refractivity contribution >= 4 is 17.8 Å². The first-order valence-corrected chi connectivity index (χ1v) is 7.78. The summed E-state index contributed by atoms with van der Waals surface area (Å²) in [5, 5.41) is 0.355. The monoisotopic (exact) mass is 334 g/mol. The van der Waals surface area contributed by atoms with Crippen molar-refractivity contribution in [1.82, 2.24) is 9.96 Å². The first kappa shape index (κ1) is 16.6. The van der Waals surface area contributed by atoms with Crippen LogP contribution in [0, 0.1) is 0 Å². The Bertz CT molecular complexity index is 693. The highest BCUT2D eigenvalue weighted by Gasteiger charge is 2.51.